The van der Waals surface area contributed by atoms with Crippen molar-refractivity contribution in [3.05, 3.63) is 23.3 Å². The van der Waals surface area contributed by atoms with E-state index in [0.717, 1.165) is 5.57 Å². The van der Waals surface area contributed by atoms with E-state index in [1.54, 1.807) is 26.0 Å². The van der Waals surface area contributed by atoms with Crippen LogP contribution in [0.1, 0.15) is 20.3 Å². The van der Waals surface area contributed by atoms with Crippen molar-refractivity contribution in [2.24, 2.45) is 0 Å². The molecule has 15 heavy (non-hydrogen) atoms. The maximum Gasteiger partial charge on any atom is 0.334 e. The molecule has 4 heteroatoms. The van der Waals surface area contributed by atoms with Crippen LogP contribution in [0.2, 0.25) is 0 Å². The molecular formula is C11H16O4. The number of cyclic esters (lactones) is 1. The average Bonchev–Trinajstić information content (AvgIpc) is 2.44. The summed E-state index contributed by atoms with van der Waals surface area (Å²) in [6.45, 7) is 3.47. The van der Waals surface area contributed by atoms with Crippen molar-refractivity contribution in [1.29, 1.82) is 0 Å². The largest absolute Gasteiger partial charge is 0.457 e. The molecule has 0 aromatic rings. The number of aliphatic hydroxyl groups excluding tert-OH is 2. The SMILES string of the molecule is C[C@H](O)/C=C/C1=C(C[C@H](C)O)C(=O)OC1. The fourth-order valence-corrected chi connectivity index (χ4v) is 1.36. The second-order valence-corrected chi connectivity index (χ2v) is 3.73. The van der Waals surface area contributed by atoms with Crippen LogP contribution in [0.5, 0.6) is 0 Å². The van der Waals surface area contributed by atoms with Crippen LogP contribution in [0.3, 0.4) is 0 Å². The topological polar surface area (TPSA) is 66.8 Å². The molecule has 0 amide bonds. The van der Waals surface area contributed by atoms with Crippen molar-refractivity contribution < 1.29 is 19.7 Å². The van der Waals surface area contributed by atoms with Gasteiger partial charge in [-0.1, -0.05) is 12.2 Å². The molecule has 0 aliphatic carbocycles. The number of carbonyl (C=O) groups excluding carboxylic acids is 1. The maximum absolute atomic E-state index is 11.3. The Morgan fingerprint density at radius 2 is 2.13 bits per heavy atom. The Balaban J connectivity index is 2.80. The molecule has 1 aliphatic rings. The lowest BCUT2D eigenvalue weighted by atomic mass is 10.0. The molecule has 0 unspecified atom stereocenters. The molecule has 0 saturated heterocycles. The predicted molar refractivity (Wildman–Crippen MR) is 55.1 cm³/mol. The summed E-state index contributed by atoms with van der Waals surface area (Å²) in [6, 6.07) is 0. The van der Waals surface area contributed by atoms with Gasteiger partial charge in [-0.3, -0.25) is 0 Å². The quantitative estimate of drug-likeness (QED) is 0.668. The van der Waals surface area contributed by atoms with Crippen molar-refractivity contribution in [2.75, 3.05) is 6.61 Å². The van der Waals surface area contributed by atoms with Gasteiger partial charge in [-0.15, -0.1) is 0 Å². The first kappa shape index (κ1) is 11.9. The number of aliphatic hydroxyl groups is 2. The summed E-state index contributed by atoms with van der Waals surface area (Å²) in [4.78, 5) is 11.3. The smallest absolute Gasteiger partial charge is 0.334 e. The van der Waals surface area contributed by atoms with Crippen LogP contribution >= 0.6 is 0 Å². The van der Waals surface area contributed by atoms with E-state index in [1.807, 2.05) is 0 Å². The van der Waals surface area contributed by atoms with Crippen LogP contribution in [-0.2, 0) is 9.53 Å². The zero-order valence-electron chi connectivity index (χ0n) is 8.93. The summed E-state index contributed by atoms with van der Waals surface area (Å²) in [5.74, 6) is -0.374. The Hall–Kier alpha value is -1.13. The van der Waals surface area contributed by atoms with E-state index in [2.05, 4.69) is 0 Å². The standard InChI is InChI=1S/C11H16O4/c1-7(12)3-4-9-6-15-11(14)10(9)5-8(2)13/h3-4,7-8,12-13H,5-6H2,1-2H3/b4-3+/t7-,8-/m0/s1. The van der Waals surface area contributed by atoms with Crippen molar-refractivity contribution in [3.8, 4) is 0 Å². The lowest BCUT2D eigenvalue weighted by molar-refractivity contribution is -0.136. The molecule has 0 bridgehead atoms. The zero-order chi connectivity index (χ0) is 11.4. The molecule has 1 aliphatic heterocycles. The van der Waals surface area contributed by atoms with Crippen LogP contribution < -0.4 is 0 Å². The van der Waals surface area contributed by atoms with Gasteiger partial charge in [0.05, 0.1) is 12.2 Å². The van der Waals surface area contributed by atoms with Gasteiger partial charge in [0.1, 0.15) is 6.61 Å². The summed E-state index contributed by atoms with van der Waals surface area (Å²) in [5.41, 5.74) is 1.24. The summed E-state index contributed by atoms with van der Waals surface area (Å²) in [5, 5.41) is 18.3. The Morgan fingerprint density at radius 1 is 1.47 bits per heavy atom. The first-order chi connectivity index (χ1) is 7.00. The maximum atomic E-state index is 11.3. The van der Waals surface area contributed by atoms with E-state index in [4.69, 9.17) is 9.84 Å². The predicted octanol–water partition coefficient (Wildman–Crippen LogP) is 0.548. The van der Waals surface area contributed by atoms with Crippen LogP contribution in [-0.4, -0.2) is 35.0 Å². The molecule has 0 fully saturated rings. The molecule has 0 saturated carbocycles. The minimum atomic E-state index is -0.569. The Morgan fingerprint density at radius 3 is 2.67 bits per heavy atom. The van der Waals surface area contributed by atoms with E-state index in [0.29, 0.717) is 5.57 Å². The normalized spacial score (nSPS) is 20.9. The average molecular weight is 212 g/mol. The molecular weight excluding hydrogens is 196 g/mol. The fourth-order valence-electron chi connectivity index (χ4n) is 1.36. The van der Waals surface area contributed by atoms with Crippen molar-refractivity contribution in [2.45, 2.75) is 32.5 Å². The summed E-state index contributed by atoms with van der Waals surface area (Å²) < 4.78 is 4.85. The Labute approximate surface area is 88.9 Å². The highest BCUT2D eigenvalue weighted by Gasteiger charge is 2.24. The van der Waals surface area contributed by atoms with E-state index in [1.165, 1.54) is 0 Å². The minimum absolute atomic E-state index is 0.226. The molecule has 4 nitrogen and oxygen atoms in total. The first-order valence-corrected chi connectivity index (χ1v) is 4.94. The van der Waals surface area contributed by atoms with Crippen molar-refractivity contribution in [3.63, 3.8) is 0 Å². The van der Waals surface area contributed by atoms with Gasteiger partial charge in [-0.2, -0.15) is 0 Å². The minimum Gasteiger partial charge on any atom is -0.457 e. The second kappa shape index (κ2) is 5.09. The van der Waals surface area contributed by atoms with Gasteiger partial charge >= 0.3 is 5.97 Å². The number of ether oxygens (including phenoxy) is 1. The summed E-state index contributed by atoms with van der Waals surface area (Å²) >= 11 is 0. The number of esters is 1. The molecule has 1 heterocycles. The van der Waals surface area contributed by atoms with Crippen molar-refractivity contribution in [1.82, 2.24) is 0 Å². The molecule has 0 aromatic carbocycles. The molecule has 0 aromatic heterocycles. The summed E-state index contributed by atoms with van der Waals surface area (Å²) in [7, 11) is 0. The van der Waals surface area contributed by atoms with Crippen LogP contribution in [0, 0.1) is 0 Å². The van der Waals surface area contributed by atoms with Gasteiger partial charge in [0.15, 0.2) is 0 Å². The van der Waals surface area contributed by atoms with Gasteiger partial charge in [0.25, 0.3) is 0 Å². The molecule has 1 rings (SSSR count). The highest BCUT2D eigenvalue weighted by molar-refractivity contribution is 5.92. The molecule has 0 radical (unpaired) electrons. The molecule has 2 N–H and O–H groups in total. The third kappa shape index (κ3) is 3.49. The van der Waals surface area contributed by atoms with Crippen LogP contribution in [0.15, 0.2) is 23.3 Å². The summed E-state index contributed by atoms with van der Waals surface area (Å²) in [6.07, 6.45) is 2.42. The van der Waals surface area contributed by atoms with Gasteiger partial charge < -0.3 is 14.9 Å². The number of hydrogen-bond donors (Lipinski definition) is 2. The van der Waals surface area contributed by atoms with Gasteiger partial charge in [0.2, 0.25) is 0 Å². The number of carbonyl (C=O) groups is 1. The van der Waals surface area contributed by atoms with Crippen LogP contribution in [0.25, 0.3) is 0 Å². The Bertz CT molecular complexity index is 300. The van der Waals surface area contributed by atoms with E-state index >= 15 is 0 Å². The molecule has 0 spiro atoms. The lowest BCUT2D eigenvalue weighted by Crippen LogP contribution is -2.07. The Kier molecular flexibility index (Phi) is 4.05. The van der Waals surface area contributed by atoms with Crippen molar-refractivity contribution >= 4 is 5.97 Å². The molecule has 84 valence electrons. The third-order valence-electron chi connectivity index (χ3n) is 2.07. The van der Waals surface area contributed by atoms with E-state index < -0.39 is 12.2 Å². The van der Waals surface area contributed by atoms with Gasteiger partial charge in [-0.05, 0) is 19.4 Å². The zero-order valence-corrected chi connectivity index (χ0v) is 8.93. The lowest BCUT2D eigenvalue weighted by Gasteiger charge is -2.03. The number of rotatable bonds is 4. The van der Waals surface area contributed by atoms with Gasteiger partial charge in [0, 0.05) is 12.0 Å². The van der Waals surface area contributed by atoms with Crippen LogP contribution in [0.4, 0.5) is 0 Å². The monoisotopic (exact) mass is 212 g/mol. The van der Waals surface area contributed by atoms with E-state index in [9.17, 15) is 9.90 Å². The second-order valence-electron chi connectivity index (χ2n) is 3.73. The fraction of sp³-hybridized carbons (Fsp3) is 0.545. The third-order valence-corrected chi connectivity index (χ3v) is 2.07. The van der Waals surface area contributed by atoms with Gasteiger partial charge in [-0.25, -0.2) is 4.79 Å². The molecule has 2 atom stereocenters. The number of hydrogen-bond acceptors (Lipinski definition) is 4. The highest BCUT2D eigenvalue weighted by atomic mass is 16.5. The highest BCUT2D eigenvalue weighted by Crippen LogP contribution is 2.21. The van der Waals surface area contributed by atoms with E-state index in [-0.39, 0.29) is 19.0 Å². The first-order valence-electron chi connectivity index (χ1n) is 4.94.